The zero-order valence-corrected chi connectivity index (χ0v) is 12.6. The van der Waals surface area contributed by atoms with Gasteiger partial charge < -0.3 is 5.32 Å². The van der Waals surface area contributed by atoms with Crippen LogP contribution in [0.4, 0.5) is 0 Å². The molecular weight excluding hydrogens is 295 g/mol. The van der Waals surface area contributed by atoms with E-state index in [0.717, 1.165) is 6.54 Å². The van der Waals surface area contributed by atoms with Crippen LogP contribution < -0.4 is 10.0 Å². The Morgan fingerprint density at radius 3 is 2.39 bits per heavy atom. The molecule has 0 aliphatic carbocycles. The van der Waals surface area contributed by atoms with E-state index in [0.29, 0.717) is 23.7 Å². The van der Waals surface area contributed by atoms with Crippen molar-refractivity contribution in [2.45, 2.75) is 25.3 Å². The van der Waals surface area contributed by atoms with Crippen molar-refractivity contribution in [3.05, 3.63) is 27.7 Å². The molecule has 0 radical (unpaired) electrons. The van der Waals surface area contributed by atoms with Gasteiger partial charge in [0, 0.05) is 23.7 Å². The minimum atomic E-state index is -3.57. The third kappa shape index (κ3) is 3.59. The van der Waals surface area contributed by atoms with Gasteiger partial charge in [-0.3, -0.25) is 0 Å². The predicted molar refractivity (Wildman–Crippen MR) is 74.7 cm³/mol. The first-order valence-corrected chi connectivity index (χ1v) is 7.85. The highest BCUT2D eigenvalue weighted by atomic mass is 35.5. The number of benzene rings is 1. The molecule has 0 heterocycles. The van der Waals surface area contributed by atoms with Gasteiger partial charge in [0.25, 0.3) is 0 Å². The zero-order valence-electron chi connectivity index (χ0n) is 10.3. The largest absolute Gasteiger partial charge is 0.313 e. The summed E-state index contributed by atoms with van der Waals surface area (Å²) >= 11 is 12.2. The van der Waals surface area contributed by atoms with Gasteiger partial charge in [0.2, 0.25) is 10.0 Å². The maximum atomic E-state index is 11.9. The molecule has 0 bridgehead atoms. The van der Waals surface area contributed by atoms with Crippen molar-refractivity contribution in [3.63, 3.8) is 0 Å². The summed E-state index contributed by atoms with van der Waals surface area (Å²) in [5, 5.41) is 3.70. The highest BCUT2D eigenvalue weighted by Gasteiger charge is 2.20. The summed E-state index contributed by atoms with van der Waals surface area (Å²) < 4.78 is 26.3. The summed E-state index contributed by atoms with van der Waals surface area (Å²) in [5.41, 5.74) is 0.596. The Morgan fingerprint density at radius 2 is 1.83 bits per heavy atom. The lowest BCUT2D eigenvalue weighted by Crippen LogP contribution is -2.24. The normalized spacial score (nSPS) is 11.8. The van der Waals surface area contributed by atoms with Gasteiger partial charge in [-0.1, -0.05) is 37.0 Å². The number of rotatable bonds is 6. The minimum Gasteiger partial charge on any atom is -0.313 e. The molecule has 0 amide bonds. The van der Waals surface area contributed by atoms with Crippen LogP contribution in [0, 0.1) is 0 Å². The lowest BCUT2D eigenvalue weighted by Gasteiger charge is -2.12. The molecule has 18 heavy (non-hydrogen) atoms. The van der Waals surface area contributed by atoms with E-state index in [4.69, 9.17) is 23.2 Å². The van der Waals surface area contributed by atoms with Crippen LogP contribution in [0.15, 0.2) is 17.0 Å². The average molecular weight is 311 g/mol. The molecule has 7 heteroatoms. The molecule has 1 rings (SSSR count). The van der Waals surface area contributed by atoms with Gasteiger partial charge in [-0.2, -0.15) is 0 Å². The number of hydrogen-bond acceptors (Lipinski definition) is 3. The van der Waals surface area contributed by atoms with Crippen LogP contribution >= 0.6 is 23.2 Å². The van der Waals surface area contributed by atoms with E-state index in [1.54, 1.807) is 13.0 Å². The van der Waals surface area contributed by atoms with E-state index >= 15 is 0 Å². The van der Waals surface area contributed by atoms with Crippen LogP contribution in [0.3, 0.4) is 0 Å². The van der Waals surface area contributed by atoms with Gasteiger partial charge in [-0.15, -0.1) is 0 Å². The first-order valence-electron chi connectivity index (χ1n) is 5.61. The van der Waals surface area contributed by atoms with Crippen LogP contribution in [0.5, 0.6) is 0 Å². The van der Waals surface area contributed by atoms with E-state index in [1.165, 1.54) is 6.07 Å². The molecule has 0 spiro atoms. The highest BCUT2D eigenvalue weighted by Crippen LogP contribution is 2.30. The first-order chi connectivity index (χ1) is 8.44. The molecule has 0 aliphatic heterocycles. The third-order valence-corrected chi connectivity index (χ3v) is 4.81. The second-order valence-electron chi connectivity index (χ2n) is 3.62. The van der Waals surface area contributed by atoms with Gasteiger partial charge in [0.15, 0.2) is 0 Å². The van der Waals surface area contributed by atoms with Crippen molar-refractivity contribution in [1.82, 2.24) is 10.0 Å². The molecule has 4 nitrogen and oxygen atoms in total. The van der Waals surface area contributed by atoms with Gasteiger partial charge in [-0.05, 0) is 18.7 Å². The standard InChI is InChI=1S/C11H16Cl2N2O2S/c1-3-14-7-8-9(12)5-6-10(11(8)13)18(16,17)15-4-2/h5-6,14-15H,3-4,7H2,1-2H3. The zero-order chi connectivity index (χ0) is 13.8. The van der Waals surface area contributed by atoms with Crippen LogP contribution in [0.2, 0.25) is 10.0 Å². The van der Waals surface area contributed by atoms with Crippen molar-refractivity contribution in [2.75, 3.05) is 13.1 Å². The average Bonchev–Trinajstić information content (AvgIpc) is 2.28. The summed E-state index contributed by atoms with van der Waals surface area (Å²) in [4.78, 5) is 0.0586. The molecule has 1 aromatic rings. The molecule has 1 aromatic carbocycles. The summed E-state index contributed by atoms with van der Waals surface area (Å²) in [5.74, 6) is 0. The smallest absolute Gasteiger partial charge is 0.242 e. The second-order valence-corrected chi connectivity index (χ2v) is 6.14. The van der Waals surface area contributed by atoms with Crippen molar-refractivity contribution >= 4 is 33.2 Å². The van der Waals surface area contributed by atoms with Crippen molar-refractivity contribution in [3.8, 4) is 0 Å². The maximum absolute atomic E-state index is 11.9. The lowest BCUT2D eigenvalue weighted by atomic mass is 10.2. The quantitative estimate of drug-likeness (QED) is 0.848. The Kier molecular flexibility index (Phi) is 5.88. The molecule has 0 aliphatic rings. The SMILES string of the molecule is CCNCc1c(Cl)ccc(S(=O)(=O)NCC)c1Cl. The van der Waals surface area contributed by atoms with E-state index in [9.17, 15) is 8.42 Å². The monoisotopic (exact) mass is 310 g/mol. The fourth-order valence-corrected chi connectivity index (χ4v) is 3.41. The lowest BCUT2D eigenvalue weighted by molar-refractivity contribution is 0.583. The Bertz CT molecular complexity index is 518. The minimum absolute atomic E-state index is 0.0586. The van der Waals surface area contributed by atoms with E-state index in [2.05, 4.69) is 10.0 Å². The first kappa shape index (κ1) is 15.7. The van der Waals surface area contributed by atoms with Crippen molar-refractivity contribution < 1.29 is 8.42 Å². The summed E-state index contributed by atoms with van der Waals surface area (Å²) in [6.45, 7) is 5.15. The fraction of sp³-hybridized carbons (Fsp3) is 0.455. The number of hydrogen-bond donors (Lipinski definition) is 2. The van der Waals surface area contributed by atoms with Crippen molar-refractivity contribution in [1.29, 1.82) is 0 Å². The van der Waals surface area contributed by atoms with E-state index in [1.807, 2.05) is 6.92 Å². The number of nitrogens with one attached hydrogen (secondary N) is 2. The number of halogens is 2. The molecule has 0 saturated carbocycles. The molecule has 0 saturated heterocycles. The molecule has 0 unspecified atom stereocenters. The molecule has 2 N–H and O–H groups in total. The Hall–Kier alpha value is -0.330. The fourth-order valence-electron chi connectivity index (χ4n) is 1.46. The predicted octanol–water partition coefficient (Wildman–Crippen LogP) is 2.40. The van der Waals surface area contributed by atoms with Gasteiger partial charge in [-0.25, -0.2) is 13.1 Å². The molecule has 0 fully saturated rings. The van der Waals surface area contributed by atoms with Crippen LogP contribution in [0.25, 0.3) is 0 Å². The highest BCUT2D eigenvalue weighted by molar-refractivity contribution is 7.89. The number of sulfonamides is 1. The third-order valence-electron chi connectivity index (χ3n) is 2.33. The Labute approximate surface area is 118 Å². The van der Waals surface area contributed by atoms with Crippen molar-refractivity contribution in [2.24, 2.45) is 0 Å². The Balaban J connectivity index is 3.24. The van der Waals surface area contributed by atoms with E-state index in [-0.39, 0.29) is 9.92 Å². The van der Waals surface area contributed by atoms with Crippen LogP contribution in [-0.4, -0.2) is 21.5 Å². The van der Waals surface area contributed by atoms with E-state index < -0.39 is 10.0 Å². The molecule has 102 valence electrons. The van der Waals surface area contributed by atoms with Crippen LogP contribution in [-0.2, 0) is 16.6 Å². The Morgan fingerprint density at radius 1 is 1.17 bits per heavy atom. The summed E-state index contributed by atoms with van der Waals surface area (Å²) in [6, 6.07) is 2.96. The van der Waals surface area contributed by atoms with Gasteiger partial charge in [0.05, 0.1) is 5.02 Å². The molecule has 0 atom stereocenters. The summed E-state index contributed by atoms with van der Waals surface area (Å²) in [7, 11) is -3.57. The molecular formula is C11H16Cl2N2O2S. The summed E-state index contributed by atoms with van der Waals surface area (Å²) in [6.07, 6.45) is 0. The van der Waals surface area contributed by atoms with Crippen LogP contribution in [0.1, 0.15) is 19.4 Å². The topological polar surface area (TPSA) is 58.2 Å². The second kappa shape index (κ2) is 6.73. The maximum Gasteiger partial charge on any atom is 0.242 e. The van der Waals surface area contributed by atoms with Gasteiger partial charge in [0.1, 0.15) is 4.90 Å². The van der Waals surface area contributed by atoms with Gasteiger partial charge >= 0.3 is 0 Å². The molecule has 0 aromatic heterocycles.